The van der Waals surface area contributed by atoms with E-state index < -0.39 is 0 Å². The molecular weight excluding hydrogens is 653 g/mol. The molecule has 0 fully saturated rings. The summed E-state index contributed by atoms with van der Waals surface area (Å²) in [6, 6.07) is 48.3. The SMILES string of the molecule is C=C(/C=C(\N=C(/CCC)c1ccc(-c2ccc(-n3c4c(c5c3CCCC5)CCC=C4)cc2)cc1)c1cccc2ccccc12)c1cccc2ccccc12. The Hall–Kier alpha value is -5.99. The molecule has 2 nitrogen and oxygen atoms in total. The maximum atomic E-state index is 5.52. The van der Waals surface area contributed by atoms with Gasteiger partial charge in [0.25, 0.3) is 0 Å². The van der Waals surface area contributed by atoms with Crippen molar-refractivity contribution in [1.29, 1.82) is 0 Å². The largest absolute Gasteiger partial charge is 0.314 e. The summed E-state index contributed by atoms with van der Waals surface area (Å²) in [5.74, 6) is 0. The van der Waals surface area contributed by atoms with E-state index in [1.807, 2.05) is 0 Å². The standard InChI is InChI=1S/C52H46N2/c1-3-14-49(53-50(46-24-13-18-40-16-5-7-20-45(40)46)35-36(2)43-23-12-17-39-15-4-6-19-44(39)43)41-29-27-37(28-30-41)38-31-33-42(34-32-38)54-51-25-10-8-21-47(51)48-22-9-11-26-52(48)54/h4-7,10,12-13,15-20,23-25,27-35H,2-3,8-9,11,14,21-22,26H2,1H3/b50-35-,53-49+. The first-order chi connectivity index (χ1) is 26.7. The quantitative estimate of drug-likeness (QED) is 0.105. The molecule has 54 heavy (non-hydrogen) atoms. The van der Waals surface area contributed by atoms with Crippen molar-refractivity contribution in [1.82, 2.24) is 4.57 Å². The van der Waals surface area contributed by atoms with E-state index >= 15 is 0 Å². The van der Waals surface area contributed by atoms with Gasteiger partial charge in [0, 0.05) is 28.4 Å². The predicted molar refractivity (Wildman–Crippen MR) is 232 cm³/mol. The van der Waals surface area contributed by atoms with Crippen LogP contribution in [0, 0.1) is 0 Å². The second-order valence-electron chi connectivity index (χ2n) is 14.8. The third kappa shape index (κ3) is 6.37. The van der Waals surface area contributed by atoms with Crippen molar-refractivity contribution < 1.29 is 0 Å². The normalized spacial score (nSPS) is 14.3. The number of nitrogens with zero attached hydrogens (tertiary/aromatic N) is 2. The molecule has 6 aromatic carbocycles. The Morgan fingerprint density at radius 3 is 2.02 bits per heavy atom. The van der Waals surface area contributed by atoms with Gasteiger partial charge < -0.3 is 4.57 Å². The molecule has 9 rings (SSSR count). The highest BCUT2D eigenvalue weighted by molar-refractivity contribution is 6.07. The van der Waals surface area contributed by atoms with Gasteiger partial charge in [-0.15, -0.1) is 0 Å². The van der Waals surface area contributed by atoms with Crippen LogP contribution in [0.2, 0.25) is 0 Å². The summed E-state index contributed by atoms with van der Waals surface area (Å²) in [7, 11) is 0. The lowest BCUT2D eigenvalue weighted by Crippen LogP contribution is -2.07. The van der Waals surface area contributed by atoms with Gasteiger partial charge in [-0.1, -0.05) is 147 Å². The second-order valence-corrected chi connectivity index (χ2v) is 14.8. The molecule has 2 aliphatic rings. The number of fused-ring (bicyclic) bond motifs is 5. The molecule has 0 saturated heterocycles. The van der Waals surface area contributed by atoms with Crippen molar-refractivity contribution in [3.63, 3.8) is 0 Å². The first-order valence-corrected chi connectivity index (χ1v) is 19.7. The van der Waals surface area contributed by atoms with Crippen molar-refractivity contribution in [2.45, 2.75) is 58.3 Å². The van der Waals surface area contributed by atoms with Crippen LogP contribution in [0.1, 0.15) is 78.2 Å². The van der Waals surface area contributed by atoms with Crippen LogP contribution in [0.4, 0.5) is 0 Å². The van der Waals surface area contributed by atoms with Crippen LogP contribution in [0.5, 0.6) is 0 Å². The van der Waals surface area contributed by atoms with Crippen LogP contribution in [0.15, 0.2) is 157 Å². The van der Waals surface area contributed by atoms with Gasteiger partial charge in [0.05, 0.1) is 5.70 Å². The number of allylic oxidation sites excluding steroid dienone is 3. The van der Waals surface area contributed by atoms with Gasteiger partial charge in [-0.2, -0.15) is 0 Å². The maximum absolute atomic E-state index is 5.52. The molecule has 0 radical (unpaired) electrons. The van der Waals surface area contributed by atoms with Gasteiger partial charge >= 0.3 is 0 Å². The summed E-state index contributed by atoms with van der Waals surface area (Å²) >= 11 is 0. The van der Waals surface area contributed by atoms with Crippen LogP contribution >= 0.6 is 0 Å². The van der Waals surface area contributed by atoms with Crippen molar-refractivity contribution in [3.05, 3.63) is 191 Å². The molecule has 0 bridgehead atoms. The number of hydrogen-bond donors (Lipinski definition) is 0. The average Bonchev–Trinajstić information content (AvgIpc) is 3.57. The molecule has 0 amide bonds. The van der Waals surface area contributed by atoms with E-state index in [1.54, 1.807) is 11.1 Å². The molecule has 0 aliphatic heterocycles. The van der Waals surface area contributed by atoms with E-state index in [0.717, 1.165) is 52.9 Å². The van der Waals surface area contributed by atoms with Crippen LogP contribution in [-0.4, -0.2) is 10.3 Å². The zero-order chi connectivity index (χ0) is 36.4. The summed E-state index contributed by atoms with van der Waals surface area (Å²) in [5.41, 5.74) is 16.2. The van der Waals surface area contributed by atoms with Gasteiger partial charge in [0.2, 0.25) is 0 Å². The number of rotatable bonds is 9. The molecular formula is C52H46N2. The fourth-order valence-electron chi connectivity index (χ4n) is 8.74. The van der Waals surface area contributed by atoms with Gasteiger partial charge in [0.1, 0.15) is 0 Å². The lowest BCUT2D eigenvalue weighted by molar-refractivity contribution is 0.660. The molecule has 0 unspecified atom stereocenters. The summed E-state index contributed by atoms with van der Waals surface area (Å²) in [5, 5.41) is 4.80. The first kappa shape index (κ1) is 33.8. The summed E-state index contributed by atoms with van der Waals surface area (Å²) < 4.78 is 2.55. The van der Waals surface area contributed by atoms with Crippen molar-refractivity contribution in [3.8, 4) is 16.8 Å². The van der Waals surface area contributed by atoms with E-state index in [-0.39, 0.29) is 0 Å². The molecule has 2 heteroatoms. The second kappa shape index (κ2) is 14.8. The fourth-order valence-corrected chi connectivity index (χ4v) is 8.74. The highest BCUT2D eigenvalue weighted by atomic mass is 15.0. The van der Waals surface area contributed by atoms with Gasteiger partial charge in [0.15, 0.2) is 0 Å². The topological polar surface area (TPSA) is 17.3 Å². The van der Waals surface area contributed by atoms with E-state index in [1.165, 1.54) is 81.9 Å². The Balaban J connectivity index is 1.07. The zero-order valence-corrected chi connectivity index (χ0v) is 31.2. The smallest absolute Gasteiger partial charge is 0.0717 e. The predicted octanol–water partition coefficient (Wildman–Crippen LogP) is 13.6. The molecule has 2 aliphatic carbocycles. The van der Waals surface area contributed by atoms with E-state index in [9.17, 15) is 0 Å². The molecule has 1 heterocycles. The maximum Gasteiger partial charge on any atom is 0.0717 e. The summed E-state index contributed by atoms with van der Waals surface area (Å²) in [6.45, 7) is 6.84. The lowest BCUT2D eigenvalue weighted by atomic mass is 9.91. The van der Waals surface area contributed by atoms with E-state index in [0.29, 0.717) is 0 Å². The van der Waals surface area contributed by atoms with Gasteiger partial charge in [-0.05, 0) is 130 Å². The highest BCUT2D eigenvalue weighted by Crippen LogP contribution is 2.37. The highest BCUT2D eigenvalue weighted by Gasteiger charge is 2.25. The van der Waals surface area contributed by atoms with E-state index in [4.69, 9.17) is 4.99 Å². The van der Waals surface area contributed by atoms with Crippen LogP contribution in [0.3, 0.4) is 0 Å². The molecule has 264 valence electrons. The van der Waals surface area contributed by atoms with Crippen LogP contribution in [0.25, 0.3) is 55.7 Å². The number of aliphatic imine (C=N–C) groups is 1. The average molecular weight is 699 g/mol. The molecule has 0 atom stereocenters. The molecule has 1 aromatic heterocycles. The Bertz CT molecular complexity index is 2600. The Morgan fingerprint density at radius 2 is 1.30 bits per heavy atom. The first-order valence-electron chi connectivity index (χ1n) is 19.7. The molecule has 0 spiro atoms. The number of hydrogen-bond acceptors (Lipinski definition) is 1. The minimum Gasteiger partial charge on any atom is -0.314 e. The third-order valence-corrected chi connectivity index (χ3v) is 11.4. The summed E-state index contributed by atoms with van der Waals surface area (Å²) in [4.78, 5) is 5.52. The zero-order valence-electron chi connectivity index (χ0n) is 31.2. The van der Waals surface area contributed by atoms with Gasteiger partial charge in [-0.3, -0.25) is 4.99 Å². The van der Waals surface area contributed by atoms with Crippen molar-refractivity contribution in [2.24, 2.45) is 4.99 Å². The fraction of sp³-hybridized carbons (Fsp3) is 0.173. The Morgan fingerprint density at radius 1 is 0.667 bits per heavy atom. The monoisotopic (exact) mass is 698 g/mol. The third-order valence-electron chi connectivity index (χ3n) is 11.4. The van der Waals surface area contributed by atoms with Crippen LogP contribution < -0.4 is 0 Å². The lowest BCUT2D eigenvalue weighted by Gasteiger charge is -2.17. The van der Waals surface area contributed by atoms with Gasteiger partial charge in [-0.25, -0.2) is 0 Å². The molecule has 0 saturated carbocycles. The Kier molecular flexibility index (Phi) is 9.27. The van der Waals surface area contributed by atoms with E-state index in [2.05, 4.69) is 170 Å². The molecule has 0 N–H and O–H groups in total. The summed E-state index contributed by atoms with van der Waals surface area (Å²) in [6.07, 6.45) is 16.1. The number of benzene rings is 6. The van der Waals surface area contributed by atoms with Crippen molar-refractivity contribution in [2.75, 3.05) is 0 Å². The Labute approximate surface area is 319 Å². The number of aromatic nitrogens is 1. The minimum absolute atomic E-state index is 0.872. The van der Waals surface area contributed by atoms with Crippen molar-refractivity contribution >= 4 is 44.6 Å². The van der Waals surface area contributed by atoms with Crippen LogP contribution in [-0.2, 0) is 19.3 Å². The molecule has 7 aromatic rings. The minimum atomic E-state index is 0.872.